The number of nitrogens with zero attached hydrogens (tertiary/aromatic N) is 2. The molecule has 17 heavy (non-hydrogen) atoms. The number of hydrogen-bond donors (Lipinski definition) is 1. The molecule has 0 aromatic carbocycles. The van der Waals surface area contributed by atoms with Crippen molar-refractivity contribution in [3.05, 3.63) is 10.0 Å². The van der Waals surface area contributed by atoms with E-state index >= 15 is 0 Å². The van der Waals surface area contributed by atoms with Gasteiger partial charge in [-0.25, -0.2) is 8.42 Å². The van der Waals surface area contributed by atoms with Crippen molar-refractivity contribution in [3.8, 4) is 0 Å². The highest BCUT2D eigenvalue weighted by Gasteiger charge is 2.35. The van der Waals surface area contributed by atoms with Gasteiger partial charge in [-0.1, -0.05) is 18.3 Å². The fourth-order valence-electron chi connectivity index (χ4n) is 1.10. The monoisotopic (exact) mass is 277 g/mol. The van der Waals surface area contributed by atoms with Crippen molar-refractivity contribution in [3.63, 3.8) is 0 Å². The molecule has 0 unspecified atom stereocenters. The van der Waals surface area contributed by atoms with Crippen LogP contribution in [0.15, 0.2) is 0 Å². The maximum atomic E-state index is 11.6. The van der Waals surface area contributed by atoms with Gasteiger partial charge in [0.15, 0.2) is 9.84 Å². The second-order valence-electron chi connectivity index (χ2n) is 4.46. The van der Waals surface area contributed by atoms with Gasteiger partial charge >= 0.3 is 0 Å². The summed E-state index contributed by atoms with van der Waals surface area (Å²) in [6, 6.07) is 0. The van der Waals surface area contributed by atoms with E-state index in [9.17, 15) is 8.42 Å². The number of aromatic nitrogens is 2. The van der Waals surface area contributed by atoms with Crippen LogP contribution in [0.3, 0.4) is 0 Å². The lowest BCUT2D eigenvalue weighted by Crippen LogP contribution is -2.27. The van der Waals surface area contributed by atoms with Crippen LogP contribution in [-0.4, -0.2) is 31.4 Å². The lowest BCUT2D eigenvalue weighted by atomic mass is 10.2. The second-order valence-corrected chi connectivity index (χ2v) is 8.09. The minimum absolute atomic E-state index is 0.549. The molecule has 7 heteroatoms. The minimum atomic E-state index is -3.18. The molecule has 0 radical (unpaired) electrons. The largest absolute Gasteiger partial charge is 0.310 e. The Hall–Kier alpha value is -0.530. The smallest absolute Gasteiger partial charge is 0.159 e. The van der Waals surface area contributed by atoms with Gasteiger partial charge in [-0.3, -0.25) is 0 Å². The van der Waals surface area contributed by atoms with Crippen molar-refractivity contribution < 1.29 is 8.42 Å². The normalized spacial score (nSPS) is 12.9. The third-order valence-corrected chi connectivity index (χ3v) is 6.04. The summed E-state index contributed by atoms with van der Waals surface area (Å²) in [5.74, 6) is 0. The van der Waals surface area contributed by atoms with Gasteiger partial charge in [0.2, 0.25) is 0 Å². The summed E-state index contributed by atoms with van der Waals surface area (Å²) in [6.45, 7) is 6.97. The van der Waals surface area contributed by atoms with Crippen LogP contribution in [-0.2, 0) is 21.1 Å². The molecule has 1 rings (SSSR count). The van der Waals surface area contributed by atoms with Crippen molar-refractivity contribution in [1.82, 2.24) is 15.5 Å². The van der Waals surface area contributed by atoms with Crippen LogP contribution in [0.2, 0.25) is 0 Å². The maximum absolute atomic E-state index is 11.6. The van der Waals surface area contributed by atoms with Gasteiger partial charge in [0.25, 0.3) is 0 Å². The van der Waals surface area contributed by atoms with Crippen molar-refractivity contribution in [2.24, 2.45) is 0 Å². The highest BCUT2D eigenvalue weighted by atomic mass is 32.2. The van der Waals surface area contributed by atoms with E-state index in [1.54, 1.807) is 13.8 Å². The molecule has 5 nitrogen and oxygen atoms in total. The van der Waals surface area contributed by atoms with E-state index in [0.717, 1.165) is 18.0 Å². The Morgan fingerprint density at radius 3 is 2.53 bits per heavy atom. The molecule has 1 aromatic heterocycles. The minimum Gasteiger partial charge on any atom is -0.310 e. The predicted octanol–water partition coefficient (Wildman–Crippen LogP) is 1.32. The number of nitrogens with one attached hydrogen (secondary N) is 1. The average molecular weight is 277 g/mol. The summed E-state index contributed by atoms with van der Waals surface area (Å²) < 4.78 is 22.3. The Morgan fingerprint density at radius 1 is 1.35 bits per heavy atom. The second kappa shape index (κ2) is 5.41. The highest BCUT2D eigenvalue weighted by molar-refractivity contribution is 7.91. The standard InChI is InChI=1S/C10H19N3O2S2/c1-5-6-11-7-8-12-13-9(16-8)10(2,3)17(4,14)15/h11H,5-7H2,1-4H3. The zero-order valence-electron chi connectivity index (χ0n) is 10.6. The fraction of sp³-hybridized carbons (Fsp3) is 0.800. The molecule has 1 N–H and O–H groups in total. The zero-order valence-corrected chi connectivity index (χ0v) is 12.3. The van der Waals surface area contributed by atoms with Crippen LogP contribution < -0.4 is 5.32 Å². The van der Waals surface area contributed by atoms with Gasteiger partial charge in [-0.15, -0.1) is 10.2 Å². The van der Waals surface area contributed by atoms with E-state index in [-0.39, 0.29) is 0 Å². The summed E-state index contributed by atoms with van der Waals surface area (Å²) >= 11 is 1.35. The Balaban J connectivity index is 2.81. The summed E-state index contributed by atoms with van der Waals surface area (Å²) in [4.78, 5) is 0. The van der Waals surface area contributed by atoms with Gasteiger partial charge in [0.1, 0.15) is 14.8 Å². The van der Waals surface area contributed by atoms with E-state index in [2.05, 4.69) is 22.4 Å². The van der Waals surface area contributed by atoms with E-state index in [1.165, 1.54) is 17.6 Å². The van der Waals surface area contributed by atoms with E-state index < -0.39 is 14.6 Å². The molecule has 0 amide bonds. The molecule has 0 saturated carbocycles. The molecule has 0 aliphatic carbocycles. The van der Waals surface area contributed by atoms with E-state index in [0.29, 0.717) is 11.6 Å². The molecule has 0 bridgehead atoms. The van der Waals surface area contributed by atoms with Crippen LogP contribution in [0.25, 0.3) is 0 Å². The molecular formula is C10H19N3O2S2. The summed E-state index contributed by atoms with van der Waals surface area (Å²) in [5.41, 5.74) is 0. The molecule has 0 aliphatic rings. The van der Waals surface area contributed by atoms with Gasteiger partial charge in [-0.05, 0) is 26.8 Å². The molecule has 0 fully saturated rings. The zero-order chi connectivity index (χ0) is 13.1. The van der Waals surface area contributed by atoms with Crippen LogP contribution >= 0.6 is 11.3 Å². The lowest BCUT2D eigenvalue weighted by Gasteiger charge is -2.18. The van der Waals surface area contributed by atoms with Crippen molar-refractivity contribution in [2.75, 3.05) is 12.8 Å². The van der Waals surface area contributed by atoms with E-state index in [1.807, 2.05) is 0 Å². The quantitative estimate of drug-likeness (QED) is 0.794. The van der Waals surface area contributed by atoms with Crippen LogP contribution in [0.1, 0.15) is 37.2 Å². The van der Waals surface area contributed by atoms with Crippen molar-refractivity contribution in [1.29, 1.82) is 0 Å². The molecule has 0 spiro atoms. The Morgan fingerprint density at radius 2 is 2.00 bits per heavy atom. The summed E-state index contributed by atoms with van der Waals surface area (Å²) in [7, 11) is -3.18. The van der Waals surface area contributed by atoms with Crippen LogP contribution in [0.5, 0.6) is 0 Å². The summed E-state index contributed by atoms with van der Waals surface area (Å²) in [6.07, 6.45) is 2.28. The Bertz CT molecular complexity index is 466. The fourth-order valence-corrected chi connectivity index (χ4v) is 2.84. The third-order valence-electron chi connectivity index (χ3n) is 2.61. The first-order valence-corrected chi connectivity index (χ1v) is 8.23. The first kappa shape index (κ1) is 14.5. The SMILES string of the molecule is CCCNCc1nnc(C(C)(C)S(C)(=O)=O)s1. The first-order chi connectivity index (χ1) is 7.79. The van der Waals surface area contributed by atoms with Gasteiger partial charge in [-0.2, -0.15) is 0 Å². The first-order valence-electron chi connectivity index (χ1n) is 5.52. The molecule has 1 aromatic rings. The molecule has 0 aliphatic heterocycles. The average Bonchev–Trinajstić information content (AvgIpc) is 2.65. The van der Waals surface area contributed by atoms with Gasteiger partial charge < -0.3 is 5.32 Å². The number of hydrogen-bond acceptors (Lipinski definition) is 6. The Labute approximate surface area is 107 Å². The number of sulfone groups is 1. The van der Waals surface area contributed by atoms with Crippen LogP contribution in [0.4, 0.5) is 0 Å². The van der Waals surface area contributed by atoms with Crippen molar-refractivity contribution in [2.45, 2.75) is 38.5 Å². The molecule has 1 heterocycles. The third kappa shape index (κ3) is 3.46. The topological polar surface area (TPSA) is 72.0 Å². The maximum Gasteiger partial charge on any atom is 0.159 e. The Kier molecular flexibility index (Phi) is 4.62. The predicted molar refractivity (Wildman–Crippen MR) is 69.8 cm³/mol. The van der Waals surface area contributed by atoms with Crippen LogP contribution in [0, 0.1) is 0 Å². The van der Waals surface area contributed by atoms with E-state index in [4.69, 9.17) is 0 Å². The highest BCUT2D eigenvalue weighted by Crippen LogP contribution is 2.30. The van der Waals surface area contributed by atoms with Gasteiger partial charge in [0, 0.05) is 12.8 Å². The van der Waals surface area contributed by atoms with Crippen molar-refractivity contribution >= 4 is 21.2 Å². The molecule has 98 valence electrons. The van der Waals surface area contributed by atoms with Gasteiger partial charge in [0.05, 0.1) is 0 Å². The number of rotatable bonds is 6. The molecule has 0 atom stereocenters. The molecular weight excluding hydrogens is 258 g/mol. The molecule has 0 saturated heterocycles. The summed E-state index contributed by atoms with van der Waals surface area (Å²) in [5, 5.41) is 12.6. The lowest BCUT2D eigenvalue weighted by molar-refractivity contribution is 0.558.